The lowest BCUT2D eigenvalue weighted by molar-refractivity contribution is -0.384. The number of halogens is 1. The minimum atomic E-state index is -0.702. The molecule has 8 nitrogen and oxygen atoms in total. The second-order valence-corrected chi connectivity index (χ2v) is 7.21. The summed E-state index contributed by atoms with van der Waals surface area (Å²) in [6, 6.07) is 9.25. The number of methoxy groups -OCH3 is 1. The molecule has 0 unspecified atom stereocenters. The third-order valence-electron chi connectivity index (χ3n) is 3.99. The summed E-state index contributed by atoms with van der Waals surface area (Å²) in [7, 11) is 1.56. The van der Waals surface area contributed by atoms with Gasteiger partial charge in [0.05, 0.1) is 29.9 Å². The lowest BCUT2D eigenvalue weighted by Crippen LogP contribution is -2.06. The van der Waals surface area contributed by atoms with Crippen molar-refractivity contribution in [3.8, 4) is 22.1 Å². The van der Waals surface area contributed by atoms with Crippen molar-refractivity contribution >= 4 is 34.6 Å². The number of nitrogens with zero attached hydrogens (tertiary/aromatic N) is 2. The predicted octanol–water partition coefficient (Wildman–Crippen LogP) is 5.14. The molecule has 0 atom stereocenters. The molecule has 0 saturated carbocycles. The second-order valence-electron chi connectivity index (χ2n) is 5.94. The number of rotatable bonds is 8. The van der Waals surface area contributed by atoms with Gasteiger partial charge in [-0.05, 0) is 37.3 Å². The number of hydrogen-bond acceptors (Lipinski definition) is 8. The average Bonchev–Trinajstić information content (AvgIpc) is 3.21. The van der Waals surface area contributed by atoms with Crippen LogP contribution in [0.15, 0.2) is 41.8 Å². The van der Waals surface area contributed by atoms with Crippen molar-refractivity contribution in [1.82, 2.24) is 4.98 Å². The van der Waals surface area contributed by atoms with E-state index in [0.717, 1.165) is 16.6 Å². The minimum absolute atomic E-state index is 0.0396. The lowest BCUT2D eigenvalue weighted by atomic mass is 10.2. The molecule has 0 bridgehead atoms. The predicted molar refractivity (Wildman–Crippen MR) is 112 cm³/mol. The molecule has 1 heterocycles. The van der Waals surface area contributed by atoms with Crippen LogP contribution in [-0.2, 0) is 11.3 Å². The third-order valence-corrected chi connectivity index (χ3v) is 5.25. The number of esters is 1. The van der Waals surface area contributed by atoms with Crippen LogP contribution in [0.5, 0.6) is 11.5 Å². The Hall–Kier alpha value is -3.17. The van der Waals surface area contributed by atoms with Gasteiger partial charge in [0.1, 0.15) is 16.6 Å². The van der Waals surface area contributed by atoms with Crippen LogP contribution in [0.25, 0.3) is 10.6 Å². The van der Waals surface area contributed by atoms with E-state index in [1.54, 1.807) is 12.5 Å². The largest absolute Gasteiger partial charge is 0.493 e. The Bertz CT molecular complexity index is 1080. The molecule has 10 heteroatoms. The summed E-state index contributed by atoms with van der Waals surface area (Å²) in [6.45, 7) is 2.35. The Kier molecular flexibility index (Phi) is 6.86. The number of thiazole rings is 1. The first-order valence-corrected chi connectivity index (χ1v) is 10.0. The van der Waals surface area contributed by atoms with Crippen LogP contribution in [0.2, 0.25) is 5.02 Å². The maximum atomic E-state index is 12.2. The maximum absolute atomic E-state index is 12.2. The van der Waals surface area contributed by atoms with Crippen LogP contribution in [0.3, 0.4) is 0 Å². The highest BCUT2D eigenvalue weighted by molar-refractivity contribution is 7.13. The van der Waals surface area contributed by atoms with Gasteiger partial charge in [0.15, 0.2) is 11.5 Å². The van der Waals surface area contributed by atoms with Crippen LogP contribution >= 0.6 is 22.9 Å². The quantitative estimate of drug-likeness (QED) is 0.267. The van der Waals surface area contributed by atoms with Crippen molar-refractivity contribution in [2.75, 3.05) is 13.7 Å². The van der Waals surface area contributed by atoms with E-state index in [1.165, 1.54) is 23.5 Å². The molecule has 156 valence electrons. The molecule has 30 heavy (non-hydrogen) atoms. The zero-order valence-corrected chi connectivity index (χ0v) is 17.7. The fraction of sp³-hybridized carbons (Fsp3) is 0.200. The van der Waals surface area contributed by atoms with E-state index in [-0.39, 0.29) is 22.9 Å². The van der Waals surface area contributed by atoms with Gasteiger partial charge in [-0.25, -0.2) is 9.78 Å². The molecule has 0 saturated heterocycles. The van der Waals surface area contributed by atoms with E-state index in [1.807, 2.05) is 25.1 Å². The van der Waals surface area contributed by atoms with Crippen LogP contribution in [0.1, 0.15) is 23.0 Å². The highest BCUT2D eigenvalue weighted by Gasteiger charge is 2.18. The Morgan fingerprint density at radius 2 is 2.03 bits per heavy atom. The van der Waals surface area contributed by atoms with Crippen LogP contribution in [-0.4, -0.2) is 29.6 Å². The first-order chi connectivity index (χ1) is 14.4. The second kappa shape index (κ2) is 9.55. The van der Waals surface area contributed by atoms with Gasteiger partial charge in [0.25, 0.3) is 5.69 Å². The molecule has 0 amide bonds. The molecule has 0 aliphatic heterocycles. The number of nitro benzene ring substituents is 1. The van der Waals surface area contributed by atoms with Gasteiger partial charge in [0, 0.05) is 17.0 Å². The summed E-state index contributed by atoms with van der Waals surface area (Å²) in [6.07, 6.45) is 0. The van der Waals surface area contributed by atoms with E-state index < -0.39 is 10.9 Å². The fourth-order valence-electron chi connectivity index (χ4n) is 2.58. The van der Waals surface area contributed by atoms with Crippen LogP contribution in [0.4, 0.5) is 5.69 Å². The molecule has 0 radical (unpaired) electrons. The van der Waals surface area contributed by atoms with Crippen molar-refractivity contribution in [3.05, 3.63) is 68.2 Å². The minimum Gasteiger partial charge on any atom is -0.493 e. The van der Waals surface area contributed by atoms with Crippen LogP contribution < -0.4 is 9.47 Å². The van der Waals surface area contributed by atoms with Gasteiger partial charge >= 0.3 is 5.97 Å². The number of carbonyl (C=O) groups is 1. The monoisotopic (exact) mass is 448 g/mol. The average molecular weight is 449 g/mol. The van der Waals surface area contributed by atoms with Gasteiger partial charge < -0.3 is 14.2 Å². The van der Waals surface area contributed by atoms with Crippen molar-refractivity contribution in [1.29, 1.82) is 0 Å². The maximum Gasteiger partial charge on any atom is 0.338 e. The highest BCUT2D eigenvalue weighted by Crippen LogP contribution is 2.34. The number of aromatic nitrogens is 1. The summed E-state index contributed by atoms with van der Waals surface area (Å²) in [5.74, 6) is 0.542. The highest BCUT2D eigenvalue weighted by atomic mass is 35.5. The molecule has 0 fully saturated rings. The molecule has 1 aromatic heterocycles. The van der Waals surface area contributed by atoms with Crippen molar-refractivity contribution in [2.24, 2.45) is 0 Å². The van der Waals surface area contributed by atoms with E-state index in [0.29, 0.717) is 23.8 Å². The Balaban J connectivity index is 1.70. The Labute approximate surface area is 181 Å². The van der Waals surface area contributed by atoms with Gasteiger partial charge in [-0.2, -0.15) is 0 Å². The van der Waals surface area contributed by atoms with Crippen LogP contribution in [0, 0.1) is 10.1 Å². The normalized spacial score (nSPS) is 10.5. The molecular weight excluding hydrogens is 432 g/mol. The molecular formula is C20H17ClN2O6S. The van der Waals surface area contributed by atoms with E-state index >= 15 is 0 Å². The smallest absolute Gasteiger partial charge is 0.338 e. The molecule has 0 N–H and O–H groups in total. The summed E-state index contributed by atoms with van der Waals surface area (Å²) in [5, 5.41) is 13.4. The number of carbonyl (C=O) groups excluding carboxylic acids is 1. The molecule has 3 aromatic rings. The van der Waals surface area contributed by atoms with Crippen molar-refractivity contribution < 1.29 is 23.9 Å². The number of ether oxygens (including phenoxy) is 3. The third kappa shape index (κ3) is 4.87. The summed E-state index contributed by atoms with van der Waals surface area (Å²) in [5.41, 5.74) is 1.08. The van der Waals surface area contributed by atoms with Crippen molar-refractivity contribution in [3.63, 3.8) is 0 Å². The molecule has 3 rings (SSSR count). The summed E-state index contributed by atoms with van der Waals surface area (Å²) in [4.78, 5) is 27.0. The topological polar surface area (TPSA) is 101 Å². The molecule has 2 aromatic carbocycles. The fourth-order valence-corrected chi connectivity index (χ4v) is 3.57. The molecule has 0 aliphatic carbocycles. The van der Waals surface area contributed by atoms with E-state index in [9.17, 15) is 14.9 Å². The van der Waals surface area contributed by atoms with E-state index in [4.69, 9.17) is 25.8 Å². The van der Waals surface area contributed by atoms with Gasteiger partial charge in [-0.15, -0.1) is 11.3 Å². The van der Waals surface area contributed by atoms with Gasteiger partial charge in [-0.3, -0.25) is 10.1 Å². The summed E-state index contributed by atoms with van der Waals surface area (Å²) >= 11 is 7.15. The first-order valence-electron chi connectivity index (χ1n) is 8.79. The zero-order chi connectivity index (χ0) is 21.7. The SMILES string of the molecule is CCOc1ccc(-c2nc(COC(=O)c3ccc(Cl)c([N+](=O)[O-])c3)cs2)cc1OC. The van der Waals surface area contributed by atoms with Crippen molar-refractivity contribution in [2.45, 2.75) is 13.5 Å². The van der Waals surface area contributed by atoms with Gasteiger partial charge in [-0.1, -0.05) is 11.6 Å². The number of hydrogen-bond donors (Lipinski definition) is 0. The Morgan fingerprint density at radius 1 is 1.23 bits per heavy atom. The zero-order valence-electron chi connectivity index (χ0n) is 16.1. The number of nitro groups is 1. The lowest BCUT2D eigenvalue weighted by Gasteiger charge is -2.09. The summed E-state index contributed by atoms with van der Waals surface area (Å²) < 4.78 is 16.1. The Morgan fingerprint density at radius 3 is 2.73 bits per heavy atom. The molecule has 0 spiro atoms. The first kappa shape index (κ1) is 21.5. The van der Waals surface area contributed by atoms with Gasteiger partial charge in [0.2, 0.25) is 0 Å². The molecule has 0 aliphatic rings. The number of benzene rings is 2. The standard InChI is InChI=1S/C20H17ClN2O6S/c1-3-28-17-7-5-12(9-18(17)27-2)19-22-14(11-30-19)10-29-20(24)13-4-6-15(21)16(8-13)23(25)26/h4-9,11H,3,10H2,1-2H3. The van der Waals surface area contributed by atoms with E-state index in [2.05, 4.69) is 4.98 Å².